The molecule has 0 bridgehead atoms. The lowest BCUT2D eigenvalue weighted by Gasteiger charge is -2.60. The molecular weight excluding hydrogens is 651 g/mol. The number of benzene rings is 6. The fraction of sp³-hybridized carbons (Fsp3) is 0.208. The molecule has 0 radical (unpaired) electrons. The van der Waals surface area contributed by atoms with Gasteiger partial charge < -0.3 is 4.90 Å². The third-order valence-corrected chi connectivity index (χ3v) is 13.6. The summed E-state index contributed by atoms with van der Waals surface area (Å²) in [6.45, 7) is 15.0. The van der Waals surface area contributed by atoms with Crippen LogP contribution in [0.2, 0.25) is 0 Å². The Balaban J connectivity index is 1.27. The Bertz CT molecular complexity index is 2550. The van der Waals surface area contributed by atoms with E-state index in [4.69, 9.17) is 0 Å². The SMILES string of the molecule is CC1C=C2C(C)(C)c3c(-c4cccc(-c5ccccc5)c4)ccc4c3C2(C)C2=C1C(C)(c1ccccc1)C=CC2(C)N4c1ccc(-c2ccccc2)cc1. The van der Waals surface area contributed by atoms with Crippen LogP contribution in [0.15, 0.2) is 187 Å². The minimum absolute atomic E-state index is 0.191. The molecule has 4 unspecified atom stereocenters. The van der Waals surface area contributed by atoms with Gasteiger partial charge in [-0.25, -0.2) is 0 Å². The maximum atomic E-state index is 2.68. The Kier molecular flexibility index (Phi) is 6.97. The minimum Gasteiger partial charge on any atom is -0.328 e. The van der Waals surface area contributed by atoms with Crippen molar-refractivity contribution in [2.45, 2.75) is 63.3 Å². The number of hydrogen-bond donors (Lipinski definition) is 0. The predicted molar refractivity (Wildman–Crippen MR) is 227 cm³/mol. The highest BCUT2D eigenvalue weighted by atomic mass is 15.2. The van der Waals surface area contributed by atoms with Crippen molar-refractivity contribution in [1.82, 2.24) is 0 Å². The van der Waals surface area contributed by atoms with Crippen molar-refractivity contribution >= 4 is 11.4 Å². The van der Waals surface area contributed by atoms with Crippen LogP contribution in [0.3, 0.4) is 0 Å². The second kappa shape index (κ2) is 11.4. The van der Waals surface area contributed by atoms with Crippen molar-refractivity contribution < 1.29 is 0 Å². The van der Waals surface area contributed by atoms with Crippen LogP contribution < -0.4 is 4.90 Å². The normalized spacial score (nSPS) is 25.7. The molecule has 4 atom stereocenters. The zero-order valence-electron chi connectivity index (χ0n) is 32.2. The van der Waals surface area contributed by atoms with E-state index in [9.17, 15) is 0 Å². The van der Waals surface area contributed by atoms with E-state index >= 15 is 0 Å². The summed E-state index contributed by atoms with van der Waals surface area (Å²) in [5.74, 6) is 0.264. The smallest absolute Gasteiger partial charge is 0.0833 e. The molecule has 0 spiro atoms. The van der Waals surface area contributed by atoms with Gasteiger partial charge in [0.1, 0.15) is 0 Å². The molecule has 1 heteroatoms. The number of allylic oxidation sites excluding steroid dienone is 4. The largest absolute Gasteiger partial charge is 0.328 e. The first-order chi connectivity index (χ1) is 26.1. The monoisotopic (exact) mass is 697 g/mol. The molecule has 1 nitrogen and oxygen atoms in total. The second-order valence-corrected chi connectivity index (χ2v) is 17.0. The highest BCUT2D eigenvalue weighted by molar-refractivity contribution is 5.92. The van der Waals surface area contributed by atoms with Gasteiger partial charge >= 0.3 is 0 Å². The average molecular weight is 698 g/mol. The van der Waals surface area contributed by atoms with Crippen LogP contribution in [0.25, 0.3) is 33.4 Å². The molecule has 264 valence electrons. The number of nitrogens with zero attached hydrogens (tertiary/aromatic N) is 1. The summed E-state index contributed by atoms with van der Waals surface area (Å²) in [6, 6.07) is 56.1. The van der Waals surface area contributed by atoms with Gasteiger partial charge in [-0.05, 0) is 118 Å². The average Bonchev–Trinajstić information content (AvgIpc) is 3.39. The molecule has 4 aliphatic rings. The molecule has 54 heavy (non-hydrogen) atoms. The fourth-order valence-corrected chi connectivity index (χ4v) is 11.4. The van der Waals surface area contributed by atoms with E-state index in [2.05, 4.69) is 216 Å². The van der Waals surface area contributed by atoms with E-state index in [1.807, 2.05) is 0 Å². The molecule has 0 amide bonds. The minimum atomic E-state index is -0.389. The van der Waals surface area contributed by atoms with Gasteiger partial charge in [0.05, 0.1) is 5.54 Å². The van der Waals surface area contributed by atoms with Gasteiger partial charge in [0, 0.05) is 27.6 Å². The summed E-state index contributed by atoms with van der Waals surface area (Å²) in [6.07, 6.45) is 7.74. The van der Waals surface area contributed by atoms with Crippen molar-refractivity contribution in [1.29, 1.82) is 0 Å². The van der Waals surface area contributed by atoms with Gasteiger partial charge in [-0.15, -0.1) is 0 Å². The van der Waals surface area contributed by atoms with Crippen LogP contribution in [0.1, 0.15) is 58.2 Å². The molecule has 10 rings (SSSR count). The molecule has 1 heterocycles. The van der Waals surface area contributed by atoms with E-state index < -0.39 is 0 Å². The summed E-state index contributed by atoms with van der Waals surface area (Å²) < 4.78 is 0. The third-order valence-electron chi connectivity index (χ3n) is 13.6. The lowest BCUT2D eigenvalue weighted by atomic mass is 9.50. The lowest BCUT2D eigenvalue weighted by Crippen LogP contribution is -2.58. The molecule has 0 saturated carbocycles. The maximum absolute atomic E-state index is 2.68. The topological polar surface area (TPSA) is 3.24 Å². The van der Waals surface area contributed by atoms with Crippen LogP contribution in [0.5, 0.6) is 0 Å². The van der Waals surface area contributed by atoms with Gasteiger partial charge in [0.25, 0.3) is 0 Å². The predicted octanol–water partition coefficient (Wildman–Crippen LogP) is 13.5. The molecular formula is C53H47N. The van der Waals surface area contributed by atoms with Gasteiger partial charge in [0.15, 0.2) is 0 Å². The van der Waals surface area contributed by atoms with Crippen LogP contribution in [0, 0.1) is 5.92 Å². The lowest BCUT2D eigenvalue weighted by molar-refractivity contribution is 0.417. The zero-order chi connectivity index (χ0) is 37.0. The molecule has 0 fully saturated rings. The van der Waals surface area contributed by atoms with Gasteiger partial charge in [-0.2, -0.15) is 0 Å². The number of hydrogen-bond acceptors (Lipinski definition) is 1. The Morgan fingerprint density at radius 3 is 1.76 bits per heavy atom. The molecule has 1 aliphatic heterocycles. The van der Waals surface area contributed by atoms with E-state index in [0.29, 0.717) is 0 Å². The third kappa shape index (κ3) is 4.33. The summed E-state index contributed by atoms with van der Waals surface area (Å²) in [4.78, 5) is 2.68. The highest BCUT2D eigenvalue weighted by Crippen LogP contribution is 2.71. The van der Waals surface area contributed by atoms with Crippen LogP contribution in [-0.2, 0) is 16.2 Å². The first-order valence-corrected chi connectivity index (χ1v) is 19.6. The Labute approximate surface area is 321 Å². The molecule has 0 N–H and O–H groups in total. The Hall–Kier alpha value is -5.66. The van der Waals surface area contributed by atoms with Crippen LogP contribution in [0.4, 0.5) is 11.4 Å². The number of anilines is 2. The summed E-state index contributed by atoms with van der Waals surface area (Å²) in [5.41, 5.74) is 17.9. The fourth-order valence-electron chi connectivity index (χ4n) is 11.4. The van der Waals surface area contributed by atoms with Gasteiger partial charge in [-0.1, -0.05) is 166 Å². The number of rotatable bonds is 5. The summed E-state index contributed by atoms with van der Waals surface area (Å²) in [7, 11) is 0. The first kappa shape index (κ1) is 32.9. The van der Waals surface area contributed by atoms with Crippen LogP contribution in [-0.4, -0.2) is 5.54 Å². The quantitative estimate of drug-likeness (QED) is 0.162. The Morgan fingerprint density at radius 2 is 1.09 bits per heavy atom. The first-order valence-electron chi connectivity index (χ1n) is 19.6. The molecule has 6 aromatic carbocycles. The molecule has 6 aromatic rings. The van der Waals surface area contributed by atoms with Gasteiger partial charge in [0.2, 0.25) is 0 Å². The van der Waals surface area contributed by atoms with Crippen molar-refractivity contribution in [3.05, 3.63) is 203 Å². The second-order valence-electron chi connectivity index (χ2n) is 17.0. The molecule has 3 aliphatic carbocycles. The highest BCUT2D eigenvalue weighted by Gasteiger charge is 2.65. The maximum Gasteiger partial charge on any atom is 0.0833 e. The van der Waals surface area contributed by atoms with Crippen LogP contribution >= 0.6 is 0 Å². The van der Waals surface area contributed by atoms with Crippen molar-refractivity contribution in [3.63, 3.8) is 0 Å². The van der Waals surface area contributed by atoms with Gasteiger partial charge in [-0.3, -0.25) is 0 Å². The Morgan fingerprint density at radius 1 is 0.519 bits per heavy atom. The van der Waals surface area contributed by atoms with E-state index in [1.54, 1.807) is 16.7 Å². The zero-order valence-corrected chi connectivity index (χ0v) is 32.2. The van der Waals surface area contributed by atoms with E-state index in [0.717, 1.165) is 0 Å². The molecule has 0 aromatic heterocycles. The molecule has 0 saturated heterocycles. The summed E-state index contributed by atoms with van der Waals surface area (Å²) in [5, 5.41) is 0. The van der Waals surface area contributed by atoms with Crippen molar-refractivity contribution in [2.24, 2.45) is 5.92 Å². The summed E-state index contributed by atoms with van der Waals surface area (Å²) >= 11 is 0. The van der Waals surface area contributed by atoms with Crippen molar-refractivity contribution in [3.8, 4) is 33.4 Å². The van der Waals surface area contributed by atoms with E-state index in [-0.39, 0.29) is 27.7 Å². The van der Waals surface area contributed by atoms with E-state index in [1.165, 1.54) is 61.4 Å². The van der Waals surface area contributed by atoms with Crippen molar-refractivity contribution in [2.75, 3.05) is 4.90 Å². The standard InChI is InChI=1S/C53H47N/c1-35-33-45-50(2,3)47-43(40-22-16-21-39(34-40)37-19-12-8-13-20-37)29-30-44-48(47)53(45,6)49-46(35)51(4,41-23-14-9-15-24-41)31-32-52(49,5)54(44)42-27-25-38(26-28-42)36-17-10-7-11-18-36/h7-35H,1-6H3.